The minimum absolute atomic E-state index is 0.0572. The van der Waals surface area contributed by atoms with Crippen LogP contribution in [0.1, 0.15) is 17.0 Å². The van der Waals surface area contributed by atoms with Crippen LogP contribution in [0.25, 0.3) is 33.6 Å². The van der Waals surface area contributed by atoms with E-state index in [1.165, 1.54) is 17.4 Å². The predicted octanol–water partition coefficient (Wildman–Crippen LogP) is 5.15. The lowest BCUT2D eigenvalue weighted by Crippen LogP contribution is -1.97. The standard InChI is InChI=1S/C21H15N5O2S/c22-11-4-12-25-14-16(21(24-25)15-5-2-1-3-6-15)7-10-20-23-18-9-8-17(26(27)28)13-19(18)29-20/h1-3,5-10,13-14H,4,12H2/b10-7+. The summed E-state index contributed by atoms with van der Waals surface area (Å²) in [6.07, 6.45) is 6.11. The van der Waals surface area contributed by atoms with E-state index in [2.05, 4.69) is 16.2 Å². The molecular formula is C21H15N5O2S. The molecule has 0 radical (unpaired) electrons. The summed E-state index contributed by atoms with van der Waals surface area (Å²) in [5.41, 5.74) is 3.52. The zero-order chi connectivity index (χ0) is 20.2. The number of nitro benzene ring substituents is 1. The van der Waals surface area contributed by atoms with Crippen LogP contribution in [0, 0.1) is 21.4 Å². The normalized spacial score (nSPS) is 11.1. The van der Waals surface area contributed by atoms with E-state index < -0.39 is 4.92 Å². The molecule has 2 aromatic heterocycles. The van der Waals surface area contributed by atoms with E-state index in [0.717, 1.165) is 32.0 Å². The maximum absolute atomic E-state index is 11.0. The molecule has 0 saturated carbocycles. The third kappa shape index (κ3) is 4.05. The Morgan fingerprint density at radius 2 is 2.03 bits per heavy atom. The van der Waals surface area contributed by atoms with Gasteiger partial charge in [0.05, 0.1) is 39.9 Å². The van der Waals surface area contributed by atoms with Crippen molar-refractivity contribution in [2.24, 2.45) is 0 Å². The monoisotopic (exact) mass is 401 g/mol. The lowest BCUT2D eigenvalue weighted by atomic mass is 10.1. The second kappa shape index (κ2) is 8.04. The van der Waals surface area contributed by atoms with Gasteiger partial charge in [-0.25, -0.2) is 4.98 Å². The highest BCUT2D eigenvalue weighted by Gasteiger charge is 2.11. The molecular weight excluding hydrogens is 386 g/mol. The molecule has 7 nitrogen and oxygen atoms in total. The Morgan fingerprint density at radius 1 is 1.21 bits per heavy atom. The Kier molecular flexibility index (Phi) is 5.14. The molecule has 0 saturated heterocycles. The number of fused-ring (bicyclic) bond motifs is 1. The fourth-order valence-electron chi connectivity index (χ4n) is 2.94. The summed E-state index contributed by atoms with van der Waals surface area (Å²) in [7, 11) is 0. The van der Waals surface area contributed by atoms with E-state index in [-0.39, 0.29) is 5.69 Å². The lowest BCUT2D eigenvalue weighted by molar-refractivity contribution is -0.384. The van der Waals surface area contributed by atoms with E-state index in [4.69, 9.17) is 5.26 Å². The number of nitro groups is 1. The van der Waals surface area contributed by atoms with Gasteiger partial charge >= 0.3 is 0 Å². The Balaban J connectivity index is 1.68. The van der Waals surface area contributed by atoms with Crippen LogP contribution in [0.5, 0.6) is 0 Å². The van der Waals surface area contributed by atoms with Gasteiger partial charge in [0.1, 0.15) is 5.01 Å². The molecule has 0 spiro atoms. The topological polar surface area (TPSA) is 97.6 Å². The fourth-order valence-corrected chi connectivity index (χ4v) is 3.84. The van der Waals surface area contributed by atoms with Gasteiger partial charge in [-0.1, -0.05) is 30.3 Å². The number of benzene rings is 2. The first kappa shape index (κ1) is 18.5. The first-order valence-electron chi connectivity index (χ1n) is 8.87. The summed E-state index contributed by atoms with van der Waals surface area (Å²) in [4.78, 5) is 15.1. The molecule has 2 aromatic carbocycles. The van der Waals surface area contributed by atoms with Gasteiger partial charge < -0.3 is 0 Å². The molecule has 0 unspecified atom stereocenters. The molecule has 0 fully saturated rings. The number of aromatic nitrogens is 3. The van der Waals surface area contributed by atoms with Crippen molar-refractivity contribution < 1.29 is 4.92 Å². The molecule has 0 atom stereocenters. The van der Waals surface area contributed by atoms with Crippen molar-refractivity contribution in [3.8, 4) is 17.3 Å². The SMILES string of the molecule is N#CCCn1cc(/C=C/c2nc3ccc([N+](=O)[O-])cc3s2)c(-c2ccccc2)n1. The summed E-state index contributed by atoms with van der Waals surface area (Å²) in [6, 6.07) is 16.6. The molecule has 0 amide bonds. The third-order valence-corrected chi connectivity index (χ3v) is 5.28. The molecule has 2 heterocycles. The number of hydrogen-bond acceptors (Lipinski definition) is 6. The average Bonchev–Trinajstić information content (AvgIpc) is 3.34. The van der Waals surface area contributed by atoms with E-state index >= 15 is 0 Å². The first-order valence-corrected chi connectivity index (χ1v) is 9.68. The highest BCUT2D eigenvalue weighted by atomic mass is 32.1. The van der Waals surface area contributed by atoms with Crippen LogP contribution in [0.2, 0.25) is 0 Å². The van der Waals surface area contributed by atoms with Crippen LogP contribution in [0.3, 0.4) is 0 Å². The first-order chi connectivity index (χ1) is 14.1. The van der Waals surface area contributed by atoms with Gasteiger partial charge in [-0.05, 0) is 18.2 Å². The van der Waals surface area contributed by atoms with Gasteiger partial charge in [0.25, 0.3) is 5.69 Å². The van der Waals surface area contributed by atoms with Crippen molar-refractivity contribution in [3.63, 3.8) is 0 Å². The number of non-ortho nitro benzene ring substituents is 1. The Bertz CT molecular complexity index is 1250. The van der Waals surface area contributed by atoms with E-state index in [9.17, 15) is 10.1 Å². The minimum Gasteiger partial charge on any atom is -0.270 e. The summed E-state index contributed by atoms with van der Waals surface area (Å²) < 4.78 is 2.54. The largest absolute Gasteiger partial charge is 0.270 e. The maximum atomic E-state index is 11.0. The van der Waals surface area contributed by atoms with Crippen molar-refractivity contribution in [2.45, 2.75) is 13.0 Å². The average molecular weight is 401 g/mol. The predicted molar refractivity (Wildman–Crippen MR) is 113 cm³/mol. The van der Waals surface area contributed by atoms with Crippen LogP contribution in [-0.4, -0.2) is 19.7 Å². The molecule has 0 aliphatic rings. The van der Waals surface area contributed by atoms with Crippen LogP contribution < -0.4 is 0 Å². The summed E-state index contributed by atoms with van der Waals surface area (Å²) in [5.74, 6) is 0. The second-order valence-electron chi connectivity index (χ2n) is 6.26. The van der Waals surface area contributed by atoms with Crippen LogP contribution in [0.4, 0.5) is 5.69 Å². The van der Waals surface area contributed by atoms with Gasteiger partial charge in [0.2, 0.25) is 0 Å². The van der Waals surface area contributed by atoms with Crippen LogP contribution in [0.15, 0.2) is 54.7 Å². The highest BCUT2D eigenvalue weighted by molar-refractivity contribution is 7.19. The quantitative estimate of drug-likeness (QED) is 0.329. The van der Waals surface area contributed by atoms with Crippen LogP contribution in [-0.2, 0) is 6.54 Å². The number of hydrogen-bond donors (Lipinski definition) is 0. The number of rotatable bonds is 6. The van der Waals surface area contributed by atoms with Crippen molar-refractivity contribution >= 4 is 39.4 Å². The molecule has 4 rings (SSSR count). The van der Waals surface area contributed by atoms with Crippen molar-refractivity contribution in [3.05, 3.63) is 75.4 Å². The molecule has 0 bridgehead atoms. The van der Waals surface area contributed by atoms with Gasteiger partial charge in [-0.3, -0.25) is 14.8 Å². The third-order valence-electron chi connectivity index (χ3n) is 4.29. The Labute approximate surface area is 170 Å². The van der Waals surface area contributed by atoms with Crippen molar-refractivity contribution in [1.82, 2.24) is 14.8 Å². The fraction of sp³-hybridized carbons (Fsp3) is 0.0952. The van der Waals surface area contributed by atoms with E-state index in [1.54, 1.807) is 16.8 Å². The van der Waals surface area contributed by atoms with Crippen molar-refractivity contribution in [2.75, 3.05) is 0 Å². The number of nitrogens with zero attached hydrogens (tertiary/aromatic N) is 5. The maximum Gasteiger partial charge on any atom is 0.270 e. The van der Waals surface area contributed by atoms with E-state index in [0.29, 0.717) is 13.0 Å². The van der Waals surface area contributed by atoms with Gasteiger partial charge in [-0.2, -0.15) is 10.4 Å². The summed E-state index contributed by atoms with van der Waals surface area (Å²) in [6.45, 7) is 0.523. The molecule has 4 aromatic rings. The number of nitriles is 1. The Morgan fingerprint density at radius 3 is 2.79 bits per heavy atom. The molecule has 0 aliphatic carbocycles. The molecule has 0 N–H and O–H groups in total. The Hall–Kier alpha value is -3.83. The van der Waals surface area contributed by atoms with E-state index in [1.807, 2.05) is 48.7 Å². The van der Waals surface area contributed by atoms with Gasteiger partial charge in [-0.15, -0.1) is 11.3 Å². The molecule has 0 aliphatic heterocycles. The smallest absolute Gasteiger partial charge is 0.270 e. The number of thiazole rings is 1. The zero-order valence-electron chi connectivity index (χ0n) is 15.2. The highest BCUT2D eigenvalue weighted by Crippen LogP contribution is 2.28. The molecule has 8 heteroatoms. The van der Waals surface area contributed by atoms with Gasteiger partial charge in [0.15, 0.2) is 0 Å². The zero-order valence-corrected chi connectivity index (χ0v) is 16.0. The second-order valence-corrected chi connectivity index (χ2v) is 7.33. The minimum atomic E-state index is -0.406. The molecule has 29 heavy (non-hydrogen) atoms. The van der Waals surface area contributed by atoms with Crippen LogP contribution >= 0.6 is 11.3 Å². The lowest BCUT2D eigenvalue weighted by Gasteiger charge is -1.98. The number of aryl methyl sites for hydroxylation is 1. The van der Waals surface area contributed by atoms with Crippen molar-refractivity contribution in [1.29, 1.82) is 5.26 Å². The molecule has 142 valence electrons. The summed E-state index contributed by atoms with van der Waals surface area (Å²) in [5, 5.41) is 25.2. The summed E-state index contributed by atoms with van der Waals surface area (Å²) >= 11 is 1.40. The van der Waals surface area contributed by atoms with Gasteiger partial charge in [0, 0.05) is 29.5 Å².